The first-order valence-electron chi connectivity index (χ1n) is 7.48. The molecule has 0 atom stereocenters. The molecule has 19 heavy (non-hydrogen) atoms. The fourth-order valence-electron chi connectivity index (χ4n) is 2.88. The minimum atomic E-state index is 0.166. The van der Waals surface area contributed by atoms with E-state index in [2.05, 4.69) is 37.4 Å². The number of hydrogen-bond acceptors (Lipinski definition) is 1. The van der Waals surface area contributed by atoms with E-state index in [1.807, 2.05) is 0 Å². The Balaban J connectivity index is 1.81. The van der Waals surface area contributed by atoms with Gasteiger partial charge in [0.25, 0.3) is 0 Å². The molecule has 1 aliphatic carbocycles. The van der Waals surface area contributed by atoms with Crippen molar-refractivity contribution in [2.75, 3.05) is 6.54 Å². The van der Waals surface area contributed by atoms with E-state index in [4.69, 9.17) is 0 Å². The molecule has 2 heteroatoms. The highest BCUT2D eigenvalue weighted by Crippen LogP contribution is 2.22. The van der Waals surface area contributed by atoms with Gasteiger partial charge in [-0.05, 0) is 43.7 Å². The maximum absolute atomic E-state index is 12.0. The minimum absolute atomic E-state index is 0.166. The Morgan fingerprint density at radius 1 is 1.21 bits per heavy atom. The summed E-state index contributed by atoms with van der Waals surface area (Å²) >= 11 is 0. The third kappa shape index (κ3) is 4.38. The van der Waals surface area contributed by atoms with Gasteiger partial charge in [-0.3, -0.25) is 4.79 Å². The van der Waals surface area contributed by atoms with Crippen molar-refractivity contribution in [2.24, 2.45) is 5.92 Å². The van der Waals surface area contributed by atoms with Crippen LogP contribution in [0.5, 0.6) is 0 Å². The van der Waals surface area contributed by atoms with Crippen molar-refractivity contribution in [3.05, 3.63) is 34.9 Å². The van der Waals surface area contributed by atoms with Crippen LogP contribution >= 0.6 is 0 Å². The van der Waals surface area contributed by atoms with Gasteiger partial charge in [0.2, 0.25) is 5.91 Å². The van der Waals surface area contributed by atoms with Crippen LogP contribution in [0.25, 0.3) is 0 Å². The van der Waals surface area contributed by atoms with Crippen molar-refractivity contribution in [1.82, 2.24) is 5.32 Å². The molecular weight excluding hydrogens is 234 g/mol. The number of carbonyl (C=O) groups is 1. The summed E-state index contributed by atoms with van der Waals surface area (Å²) in [6, 6.07) is 6.31. The normalized spacial score (nSPS) is 16.3. The highest BCUT2D eigenvalue weighted by Gasteiger charge is 2.14. The molecule has 1 fully saturated rings. The quantitative estimate of drug-likeness (QED) is 0.880. The first-order chi connectivity index (χ1) is 9.15. The lowest BCUT2D eigenvalue weighted by molar-refractivity contribution is -0.120. The largest absolute Gasteiger partial charge is 0.356 e. The molecule has 0 bridgehead atoms. The number of hydrogen-bond donors (Lipinski definition) is 1. The van der Waals surface area contributed by atoms with Crippen LogP contribution < -0.4 is 5.32 Å². The smallest absolute Gasteiger partial charge is 0.224 e. The van der Waals surface area contributed by atoms with Crippen molar-refractivity contribution in [1.29, 1.82) is 0 Å². The molecule has 0 aromatic heterocycles. The van der Waals surface area contributed by atoms with Gasteiger partial charge in [0.1, 0.15) is 0 Å². The predicted octanol–water partition coefficient (Wildman–Crippen LogP) is 3.54. The van der Waals surface area contributed by atoms with Gasteiger partial charge in [0.05, 0.1) is 6.42 Å². The molecule has 1 aliphatic rings. The first kappa shape index (κ1) is 14.1. The summed E-state index contributed by atoms with van der Waals surface area (Å²) < 4.78 is 0. The monoisotopic (exact) mass is 259 g/mol. The molecular formula is C17H25NO. The number of amides is 1. The lowest BCUT2D eigenvalue weighted by Crippen LogP contribution is -2.31. The number of rotatable bonds is 4. The van der Waals surface area contributed by atoms with Gasteiger partial charge in [0, 0.05) is 6.54 Å². The molecule has 0 spiro atoms. The zero-order valence-corrected chi connectivity index (χ0v) is 12.2. The summed E-state index contributed by atoms with van der Waals surface area (Å²) in [6.07, 6.45) is 7.11. The van der Waals surface area contributed by atoms with Crippen LogP contribution in [0.3, 0.4) is 0 Å². The van der Waals surface area contributed by atoms with Crippen LogP contribution in [-0.4, -0.2) is 12.5 Å². The SMILES string of the molecule is Cc1ccc(C)c(CC(=O)NCC2CCCCC2)c1. The van der Waals surface area contributed by atoms with Gasteiger partial charge in [-0.2, -0.15) is 0 Å². The van der Waals surface area contributed by atoms with E-state index in [1.165, 1.54) is 43.2 Å². The van der Waals surface area contributed by atoms with E-state index in [0.717, 1.165) is 12.1 Å². The predicted molar refractivity (Wildman–Crippen MR) is 79.2 cm³/mol. The molecule has 2 rings (SSSR count). The minimum Gasteiger partial charge on any atom is -0.356 e. The number of nitrogens with one attached hydrogen (secondary N) is 1. The number of aryl methyl sites for hydroxylation is 2. The summed E-state index contributed by atoms with van der Waals surface area (Å²) in [5.74, 6) is 0.871. The number of benzene rings is 1. The summed E-state index contributed by atoms with van der Waals surface area (Å²) in [5.41, 5.74) is 3.58. The van der Waals surface area contributed by atoms with Gasteiger partial charge < -0.3 is 5.32 Å². The average molecular weight is 259 g/mol. The highest BCUT2D eigenvalue weighted by molar-refractivity contribution is 5.78. The Hall–Kier alpha value is -1.31. The zero-order chi connectivity index (χ0) is 13.7. The maximum Gasteiger partial charge on any atom is 0.224 e. The lowest BCUT2D eigenvalue weighted by Gasteiger charge is -2.21. The summed E-state index contributed by atoms with van der Waals surface area (Å²) in [5, 5.41) is 3.11. The Morgan fingerprint density at radius 2 is 1.95 bits per heavy atom. The fourth-order valence-corrected chi connectivity index (χ4v) is 2.88. The molecule has 0 heterocycles. The second-order valence-corrected chi connectivity index (χ2v) is 5.91. The van der Waals surface area contributed by atoms with Crippen molar-refractivity contribution >= 4 is 5.91 Å². The van der Waals surface area contributed by atoms with Gasteiger partial charge in [0.15, 0.2) is 0 Å². The molecule has 0 aliphatic heterocycles. The third-order valence-corrected chi connectivity index (χ3v) is 4.17. The number of carbonyl (C=O) groups excluding carboxylic acids is 1. The Kier molecular flexibility index (Phi) is 5.00. The van der Waals surface area contributed by atoms with E-state index < -0.39 is 0 Å². The van der Waals surface area contributed by atoms with Crippen molar-refractivity contribution in [3.8, 4) is 0 Å². The van der Waals surface area contributed by atoms with Crippen LogP contribution in [0.2, 0.25) is 0 Å². The molecule has 2 nitrogen and oxygen atoms in total. The van der Waals surface area contributed by atoms with Crippen LogP contribution in [0.1, 0.15) is 48.8 Å². The Morgan fingerprint density at radius 3 is 2.68 bits per heavy atom. The van der Waals surface area contributed by atoms with E-state index in [1.54, 1.807) is 0 Å². The van der Waals surface area contributed by atoms with Gasteiger partial charge >= 0.3 is 0 Å². The molecule has 104 valence electrons. The first-order valence-corrected chi connectivity index (χ1v) is 7.48. The van der Waals surface area contributed by atoms with Crippen LogP contribution in [0.4, 0.5) is 0 Å². The Labute approximate surface area is 116 Å². The fraction of sp³-hybridized carbons (Fsp3) is 0.588. The standard InChI is InChI=1S/C17H25NO/c1-13-8-9-14(2)16(10-13)11-17(19)18-12-15-6-4-3-5-7-15/h8-10,15H,3-7,11-12H2,1-2H3,(H,18,19). The molecule has 0 saturated heterocycles. The molecule has 0 radical (unpaired) electrons. The maximum atomic E-state index is 12.0. The van der Waals surface area contributed by atoms with Crippen LogP contribution in [-0.2, 0) is 11.2 Å². The van der Waals surface area contributed by atoms with Crippen molar-refractivity contribution in [2.45, 2.75) is 52.4 Å². The molecule has 0 unspecified atom stereocenters. The second-order valence-electron chi connectivity index (χ2n) is 5.91. The van der Waals surface area contributed by atoms with Gasteiger partial charge in [-0.25, -0.2) is 0 Å². The van der Waals surface area contributed by atoms with Crippen LogP contribution in [0, 0.1) is 19.8 Å². The van der Waals surface area contributed by atoms with E-state index >= 15 is 0 Å². The highest BCUT2D eigenvalue weighted by atomic mass is 16.1. The topological polar surface area (TPSA) is 29.1 Å². The lowest BCUT2D eigenvalue weighted by atomic mass is 9.89. The summed E-state index contributed by atoms with van der Waals surface area (Å²) in [4.78, 5) is 12.0. The van der Waals surface area contributed by atoms with E-state index in [0.29, 0.717) is 12.3 Å². The van der Waals surface area contributed by atoms with Crippen LogP contribution in [0.15, 0.2) is 18.2 Å². The van der Waals surface area contributed by atoms with Gasteiger partial charge in [-0.15, -0.1) is 0 Å². The van der Waals surface area contributed by atoms with Gasteiger partial charge in [-0.1, -0.05) is 43.0 Å². The summed E-state index contributed by atoms with van der Waals surface area (Å²) in [7, 11) is 0. The molecule has 1 saturated carbocycles. The molecule has 1 amide bonds. The zero-order valence-electron chi connectivity index (χ0n) is 12.2. The molecule has 1 N–H and O–H groups in total. The van der Waals surface area contributed by atoms with E-state index in [9.17, 15) is 4.79 Å². The third-order valence-electron chi connectivity index (χ3n) is 4.17. The Bertz CT molecular complexity index is 433. The van der Waals surface area contributed by atoms with E-state index in [-0.39, 0.29) is 5.91 Å². The second kappa shape index (κ2) is 6.74. The molecule has 1 aromatic carbocycles. The average Bonchev–Trinajstić information content (AvgIpc) is 2.42. The van der Waals surface area contributed by atoms with Crippen molar-refractivity contribution < 1.29 is 4.79 Å². The molecule has 1 aromatic rings. The van der Waals surface area contributed by atoms with Crippen molar-refractivity contribution in [3.63, 3.8) is 0 Å². The summed E-state index contributed by atoms with van der Waals surface area (Å²) in [6.45, 7) is 5.01.